The number of amides is 1. The molecule has 1 amide bonds. The van der Waals surface area contributed by atoms with E-state index in [0.717, 1.165) is 25.7 Å². The van der Waals surface area contributed by atoms with Gasteiger partial charge in [-0.1, -0.05) is 27.2 Å². The summed E-state index contributed by atoms with van der Waals surface area (Å²) in [7, 11) is 0. The van der Waals surface area contributed by atoms with Crippen LogP contribution in [0.2, 0.25) is 0 Å². The molecule has 0 aromatic heterocycles. The van der Waals surface area contributed by atoms with E-state index in [1.165, 1.54) is 19.3 Å². The van der Waals surface area contributed by atoms with Crippen molar-refractivity contribution >= 4 is 11.9 Å². The third-order valence-corrected chi connectivity index (χ3v) is 4.59. The molecule has 1 aliphatic heterocycles. The third kappa shape index (κ3) is 4.45. The molecule has 0 aromatic rings. The summed E-state index contributed by atoms with van der Waals surface area (Å²) in [4.78, 5) is 26.3. The van der Waals surface area contributed by atoms with Crippen molar-refractivity contribution in [3.8, 4) is 0 Å². The van der Waals surface area contributed by atoms with E-state index in [1.54, 1.807) is 0 Å². The summed E-state index contributed by atoms with van der Waals surface area (Å²) in [5, 5.41) is 0. The SMILES string of the molecule is CC(C)(C)C(=O)N1CCC(C(=O)OC2CCCCC2)CC1. The summed E-state index contributed by atoms with van der Waals surface area (Å²) in [5.74, 6) is 0.127. The highest BCUT2D eigenvalue weighted by Gasteiger charge is 2.33. The van der Waals surface area contributed by atoms with E-state index in [-0.39, 0.29) is 29.3 Å². The Labute approximate surface area is 128 Å². The first-order valence-electron chi connectivity index (χ1n) is 8.38. The zero-order valence-corrected chi connectivity index (χ0v) is 13.7. The molecule has 0 unspecified atom stereocenters. The predicted octanol–water partition coefficient (Wildman–Crippen LogP) is 3.15. The molecule has 1 saturated heterocycles. The van der Waals surface area contributed by atoms with Gasteiger partial charge in [0, 0.05) is 18.5 Å². The van der Waals surface area contributed by atoms with Crippen molar-refractivity contribution in [1.29, 1.82) is 0 Å². The zero-order chi connectivity index (χ0) is 15.5. The fraction of sp³-hybridized carbons (Fsp3) is 0.882. The minimum atomic E-state index is -0.338. The molecule has 0 bridgehead atoms. The van der Waals surface area contributed by atoms with Crippen LogP contribution in [0.25, 0.3) is 0 Å². The van der Waals surface area contributed by atoms with Crippen molar-refractivity contribution < 1.29 is 14.3 Å². The van der Waals surface area contributed by atoms with Gasteiger partial charge in [-0.15, -0.1) is 0 Å². The van der Waals surface area contributed by atoms with Gasteiger partial charge < -0.3 is 9.64 Å². The van der Waals surface area contributed by atoms with Gasteiger partial charge in [0.25, 0.3) is 0 Å². The van der Waals surface area contributed by atoms with Crippen LogP contribution >= 0.6 is 0 Å². The van der Waals surface area contributed by atoms with Crippen molar-refractivity contribution in [1.82, 2.24) is 4.90 Å². The highest BCUT2D eigenvalue weighted by Crippen LogP contribution is 2.26. The Morgan fingerprint density at radius 3 is 2.05 bits per heavy atom. The Bertz CT molecular complexity index is 372. The maximum atomic E-state index is 12.2. The number of likely N-dealkylation sites (tertiary alicyclic amines) is 1. The molecule has 0 aromatic carbocycles. The molecule has 120 valence electrons. The number of rotatable bonds is 2. The molecule has 0 radical (unpaired) electrons. The maximum Gasteiger partial charge on any atom is 0.309 e. The predicted molar refractivity (Wildman–Crippen MR) is 81.7 cm³/mol. The van der Waals surface area contributed by atoms with Crippen LogP contribution in [0.4, 0.5) is 0 Å². The van der Waals surface area contributed by atoms with Gasteiger partial charge in [-0.25, -0.2) is 0 Å². The highest BCUT2D eigenvalue weighted by atomic mass is 16.5. The molecule has 4 nitrogen and oxygen atoms in total. The van der Waals surface area contributed by atoms with Gasteiger partial charge in [0.2, 0.25) is 5.91 Å². The first-order valence-corrected chi connectivity index (χ1v) is 8.38. The Balaban J connectivity index is 1.78. The first kappa shape index (κ1) is 16.3. The zero-order valence-electron chi connectivity index (χ0n) is 13.7. The van der Waals surface area contributed by atoms with Gasteiger partial charge in [-0.05, 0) is 38.5 Å². The van der Waals surface area contributed by atoms with Crippen LogP contribution in [0.1, 0.15) is 65.7 Å². The summed E-state index contributed by atoms with van der Waals surface area (Å²) >= 11 is 0. The summed E-state index contributed by atoms with van der Waals surface area (Å²) in [6.45, 7) is 7.19. The summed E-state index contributed by atoms with van der Waals surface area (Å²) in [5.41, 5.74) is -0.338. The largest absolute Gasteiger partial charge is 0.462 e. The van der Waals surface area contributed by atoms with Gasteiger partial charge in [-0.3, -0.25) is 9.59 Å². The molecule has 0 atom stereocenters. The normalized spacial score (nSPS) is 22.1. The molecule has 0 spiro atoms. The van der Waals surface area contributed by atoms with Crippen LogP contribution in [0.15, 0.2) is 0 Å². The standard InChI is InChI=1S/C17H29NO3/c1-17(2,3)16(20)18-11-9-13(10-12-18)15(19)21-14-7-5-4-6-8-14/h13-14H,4-12H2,1-3H3. The average Bonchev–Trinajstić information content (AvgIpc) is 2.46. The molecular formula is C17H29NO3. The van der Waals surface area contributed by atoms with Gasteiger partial charge in [-0.2, -0.15) is 0 Å². The lowest BCUT2D eigenvalue weighted by Gasteiger charge is -2.35. The van der Waals surface area contributed by atoms with E-state index in [1.807, 2.05) is 25.7 Å². The molecule has 1 aliphatic carbocycles. The van der Waals surface area contributed by atoms with Gasteiger partial charge in [0.15, 0.2) is 0 Å². The molecule has 2 rings (SSSR count). The van der Waals surface area contributed by atoms with Crippen LogP contribution in [0, 0.1) is 11.3 Å². The number of hydrogen-bond acceptors (Lipinski definition) is 3. The van der Waals surface area contributed by atoms with Gasteiger partial charge in [0.05, 0.1) is 5.92 Å². The first-order chi connectivity index (χ1) is 9.88. The number of nitrogens with zero attached hydrogens (tertiary/aromatic N) is 1. The summed E-state index contributed by atoms with van der Waals surface area (Å²) < 4.78 is 5.65. The molecule has 4 heteroatoms. The lowest BCUT2D eigenvalue weighted by Crippen LogP contribution is -2.45. The van der Waals surface area contributed by atoms with Gasteiger partial charge >= 0.3 is 5.97 Å². The average molecular weight is 295 g/mol. The van der Waals surface area contributed by atoms with Crippen LogP contribution in [-0.2, 0) is 14.3 Å². The van der Waals surface area contributed by atoms with Gasteiger partial charge in [0.1, 0.15) is 6.10 Å². The minimum Gasteiger partial charge on any atom is -0.462 e. The van der Waals surface area contributed by atoms with E-state index < -0.39 is 0 Å². The fourth-order valence-corrected chi connectivity index (χ4v) is 3.24. The molecule has 1 heterocycles. The molecule has 0 N–H and O–H groups in total. The highest BCUT2D eigenvalue weighted by molar-refractivity contribution is 5.82. The molecule has 2 aliphatic rings. The summed E-state index contributed by atoms with van der Waals surface area (Å²) in [6, 6.07) is 0. The van der Waals surface area contributed by atoms with Crippen LogP contribution in [0.3, 0.4) is 0 Å². The smallest absolute Gasteiger partial charge is 0.309 e. The van der Waals surface area contributed by atoms with Crippen molar-refractivity contribution in [2.75, 3.05) is 13.1 Å². The topological polar surface area (TPSA) is 46.6 Å². The van der Waals surface area contributed by atoms with Crippen LogP contribution in [-0.4, -0.2) is 36.0 Å². The molecule has 21 heavy (non-hydrogen) atoms. The van der Waals surface area contributed by atoms with Crippen molar-refractivity contribution in [3.63, 3.8) is 0 Å². The van der Waals surface area contributed by atoms with E-state index >= 15 is 0 Å². The number of carbonyl (C=O) groups excluding carboxylic acids is 2. The molecule has 2 fully saturated rings. The van der Waals surface area contributed by atoms with Crippen molar-refractivity contribution in [2.24, 2.45) is 11.3 Å². The lowest BCUT2D eigenvalue weighted by molar-refractivity contribution is -0.159. The van der Waals surface area contributed by atoms with E-state index in [4.69, 9.17) is 4.74 Å². The molecular weight excluding hydrogens is 266 g/mol. The second-order valence-electron chi connectivity index (χ2n) is 7.51. The second kappa shape index (κ2) is 6.80. The molecule has 1 saturated carbocycles. The number of carbonyl (C=O) groups is 2. The van der Waals surface area contributed by atoms with Crippen molar-refractivity contribution in [3.05, 3.63) is 0 Å². The number of hydrogen-bond donors (Lipinski definition) is 0. The van der Waals surface area contributed by atoms with Crippen molar-refractivity contribution in [2.45, 2.75) is 71.8 Å². The summed E-state index contributed by atoms with van der Waals surface area (Å²) in [6.07, 6.45) is 7.29. The number of piperidine rings is 1. The number of esters is 1. The minimum absolute atomic E-state index is 0.0176. The van der Waals surface area contributed by atoms with E-state index in [9.17, 15) is 9.59 Å². The Kier molecular flexibility index (Phi) is 5.28. The maximum absolute atomic E-state index is 12.2. The number of ether oxygens (including phenoxy) is 1. The third-order valence-electron chi connectivity index (χ3n) is 4.59. The fourth-order valence-electron chi connectivity index (χ4n) is 3.24. The Hall–Kier alpha value is -1.06. The lowest BCUT2D eigenvalue weighted by atomic mass is 9.91. The van der Waals surface area contributed by atoms with Crippen LogP contribution in [0.5, 0.6) is 0 Å². The quantitative estimate of drug-likeness (QED) is 0.735. The van der Waals surface area contributed by atoms with Crippen LogP contribution < -0.4 is 0 Å². The monoisotopic (exact) mass is 295 g/mol. The van der Waals surface area contributed by atoms with E-state index in [2.05, 4.69) is 0 Å². The Morgan fingerprint density at radius 1 is 0.952 bits per heavy atom. The van der Waals surface area contributed by atoms with E-state index in [0.29, 0.717) is 13.1 Å². The second-order valence-corrected chi connectivity index (χ2v) is 7.51. The Morgan fingerprint density at radius 2 is 1.52 bits per heavy atom.